The van der Waals surface area contributed by atoms with Gasteiger partial charge in [-0.2, -0.15) is 0 Å². The zero-order chi connectivity index (χ0) is 12.7. The van der Waals surface area contributed by atoms with Crippen LogP contribution in [-0.4, -0.2) is 31.5 Å². The van der Waals surface area contributed by atoms with Crippen LogP contribution in [0.15, 0.2) is 22.7 Å². The molecule has 0 aromatic heterocycles. The highest BCUT2D eigenvalue weighted by atomic mass is 79.9. The summed E-state index contributed by atoms with van der Waals surface area (Å²) < 4.78 is 18.7. The average Bonchev–Trinajstić information content (AvgIpc) is 2.29. The van der Waals surface area contributed by atoms with Gasteiger partial charge in [0.25, 0.3) is 0 Å². The van der Waals surface area contributed by atoms with Crippen LogP contribution >= 0.6 is 15.9 Å². The van der Waals surface area contributed by atoms with Gasteiger partial charge in [-0.3, -0.25) is 0 Å². The van der Waals surface area contributed by atoms with Crippen LogP contribution in [0.25, 0.3) is 0 Å². The van der Waals surface area contributed by atoms with E-state index in [4.69, 9.17) is 4.74 Å². The van der Waals surface area contributed by atoms with E-state index in [9.17, 15) is 9.50 Å². The van der Waals surface area contributed by atoms with E-state index in [1.165, 1.54) is 12.1 Å². The molecule has 5 heteroatoms. The Hall–Kier alpha value is -0.490. The average molecular weight is 306 g/mol. The van der Waals surface area contributed by atoms with E-state index in [1.54, 1.807) is 13.2 Å². The number of benzene rings is 1. The maximum Gasteiger partial charge on any atom is 0.123 e. The van der Waals surface area contributed by atoms with Crippen LogP contribution in [0.3, 0.4) is 0 Å². The van der Waals surface area contributed by atoms with Gasteiger partial charge < -0.3 is 15.2 Å². The summed E-state index contributed by atoms with van der Waals surface area (Å²) in [6, 6.07) is 4.59. The monoisotopic (exact) mass is 305 g/mol. The Labute approximate surface area is 109 Å². The van der Waals surface area contributed by atoms with Crippen LogP contribution in [0.1, 0.15) is 12.0 Å². The van der Waals surface area contributed by atoms with Gasteiger partial charge in [0.05, 0.1) is 12.7 Å². The second-order valence-corrected chi connectivity index (χ2v) is 4.66. The standard InChI is InChI=1S/C12H17BrFNO2/c1-17-8-11(16)4-5-15-7-9-6-10(14)2-3-12(9)13/h2-3,6,11,15-16H,4-5,7-8H2,1H3. The fourth-order valence-electron chi connectivity index (χ4n) is 1.45. The Balaban J connectivity index is 2.28. The van der Waals surface area contributed by atoms with E-state index in [1.807, 2.05) is 0 Å². The smallest absolute Gasteiger partial charge is 0.123 e. The molecule has 17 heavy (non-hydrogen) atoms. The van der Waals surface area contributed by atoms with E-state index >= 15 is 0 Å². The normalized spacial score (nSPS) is 12.7. The largest absolute Gasteiger partial charge is 0.391 e. The van der Waals surface area contributed by atoms with Crippen molar-refractivity contribution in [3.8, 4) is 0 Å². The zero-order valence-electron chi connectivity index (χ0n) is 9.75. The predicted molar refractivity (Wildman–Crippen MR) is 68.3 cm³/mol. The first-order valence-electron chi connectivity index (χ1n) is 5.45. The quantitative estimate of drug-likeness (QED) is 0.758. The number of ether oxygens (including phenoxy) is 1. The fraction of sp³-hybridized carbons (Fsp3) is 0.500. The molecular formula is C12H17BrFNO2. The van der Waals surface area contributed by atoms with Gasteiger partial charge in [-0.05, 0) is 36.7 Å². The number of aliphatic hydroxyl groups excluding tert-OH is 1. The molecule has 1 unspecified atom stereocenters. The van der Waals surface area contributed by atoms with Gasteiger partial charge in [-0.1, -0.05) is 15.9 Å². The molecule has 0 aliphatic carbocycles. The highest BCUT2D eigenvalue weighted by Crippen LogP contribution is 2.17. The molecule has 96 valence electrons. The molecule has 0 spiro atoms. The molecule has 0 saturated heterocycles. The Kier molecular flexibility index (Phi) is 6.65. The summed E-state index contributed by atoms with van der Waals surface area (Å²) in [7, 11) is 1.56. The minimum Gasteiger partial charge on any atom is -0.391 e. The topological polar surface area (TPSA) is 41.5 Å². The number of rotatable bonds is 7. The molecule has 1 atom stereocenters. The van der Waals surface area contributed by atoms with Gasteiger partial charge in [-0.25, -0.2) is 4.39 Å². The second kappa shape index (κ2) is 7.76. The second-order valence-electron chi connectivity index (χ2n) is 3.81. The third-order valence-electron chi connectivity index (χ3n) is 2.34. The molecular weight excluding hydrogens is 289 g/mol. The van der Waals surface area contributed by atoms with Crippen molar-refractivity contribution in [1.82, 2.24) is 5.32 Å². The van der Waals surface area contributed by atoms with Gasteiger partial charge in [0, 0.05) is 18.1 Å². The Morgan fingerprint density at radius 1 is 1.53 bits per heavy atom. The molecule has 0 aliphatic rings. The minimum absolute atomic E-state index is 0.246. The van der Waals surface area contributed by atoms with E-state index in [2.05, 4.69) is 21.2 Å². The first-order chi connectivity index (χ1) is 8.13. The van der Waals surface area contributed by atoms with Crippen molar-refractivity contribution in [1.29, 1.82) is 0 Å². The molecule has 0 heterocycles. The summed E-state index contributed by atoms with van der Waals surface area (Å²) in [6.07, 6.45) is 0.157. The van der Waals surface area contributed by atoms with E-state index < -0.39 is 6.10 Å². The van der Waals surface area contributed by atoms with Crippen molar-refractivity contribution < 1.29 is 14.2 Å². The highest BCUT2D eigenvalue weighted by molar-refractivity contribution is 9.10. The van der Waals surface area contributed by atoms with Crippen molar-refractivity contribution >= 4 is 15.9 Å². The third kappa shape index (κ3) is 5.59. The Morgan fingerprint density at radius 3 is 3.00 bits per heavy atom. The molecule has 2 N–H and O–H groups in total. The number of aliphatic hydroxyl groups is 1. The molecule has 0 radical (unpaired) electrons. The van der Waals surface area contributed by atoms with Gasteiger partial charge in [0.2, 0.25) is 0 Å². The molecule has 0 amide bonds. The first-order valence-corrected chi connectivity index (χ1v) is 6.24. The fourth-order valence-corrected chi connectivity index (χ4v) is 1.83. The molecule has 1 aromatic rings. The van der Waals surface area contributed by atoms with Crippen molar-refractivity contribution in [2.24, 2.45) is 0 Å². The number of hydrogen-bond donors (Lipinski definition) is 2. The zero-order valence-corrected chi connectivity index (χ0v) is 11.3. The SMILES string of the molecule is COCC(O)CCNCc1cc(F)ccc1Br. The van der Waals surface area contributed by atoms with Gasteiger partial charge >= 0.3 is 0 Å². The lowest BCUT2D eigenvalue weighted by Gasteiger charge is -2.10. The summed E-state index contributed by atoms with van der Waals surface area (Å²) in [6.45, 7) is 1.57. The first kappa shape index (κ1) is 14.6. The number of nitrogens with one attached hydrogen (secondary N) is 1. The van der Waals surface area contributed by atoms with E-state index in [-0.39, 0.29) is 5.82 Å². The summed E-state index contributed by atoms with van der Waals surface area (Å²) in [5.74, 6) is -0.246. The lowest BCUT2D eigenvalue weighted by atomic mass is 10.2. The van der Waals surface area contributed by atoms with E-state index in [0.717, 1.165) is 10.0 Å². The van der Waals surface area contributed by atoms with Crippen LogP contribution in [0.2, 0.25) is 0 Å². The van der Waals surface area contributed by atoms with Crippen LogP contribution in [0.5, 0.6) is 0 Å². The lowest BCUT2D eigenvalue weighted by molar-refractivity contribution is 0.0594. The summed E-state index contributed by atoms with van der Waals surface area (Å²) in [5, 5.41) is 12.6. The Morgan fingerprint density at radius 2 is 2.29 bits per heavy atom. The molecule has 3 nitrogen and oxygen atoms in total. The molecule has 0 aliphatic heterocycles. The maximum absolute atomic E-state index is 13.0. The van der Waals surface area contributed by atoms with E-state index in [0.29, 0.717) is 26.1 Å². The summed E-state index contributed by atoms with van der Waals surface area (Å²) in [5.41, 5.74) is 0.867. The summed E-state index contributed by atoms with van der Waals surface area (Å²) in [4.78, 5) is 0. The van der Waals surface area contributed by atoms with Gasteiger partial charge in [0.1, 0.15) is 5.82 Å². The molecule has 1 rings (SSSR count). The third-order valence-corrected chi connectivity index (χ3v) is 3.11. The number of hydrogen-bond acceptors (Lipinski definition) is 3. The van der Waals surface area contributed by atoms with Crippen LogP contribution in [0, 0.1) is 5.82 Å². The van der Waals surface area contributed by atoms with Crippen molar-refractivity contribution in [2.45, 2.75) is 19.1 Å². The van der Waals surface area contributed by atoms with Crippen LogP contribution in [-0.2, 0) is 11.3 Å². The van der Waals surface area contributed by atoms with Crippen molar-refractivity contribution in [3.05, 3.63) is 34.1 Å². The van der Waals surface area contributed by atoms with Crippen LogP contribution < -0.4 is 5.32 Å². The summed E-state index contributed by atoms with van der Waals surface area (Å²) >= 11 is 3.36. The number of methoxy groups -OCH3 is 1. The van der Waals surface area contributed by atoms with Gasteiger partial charge in [-0.15, -0.1) is 0 Å². The molecule has 1 aromatic carbocycles. The highest BCUT2D eigenvalue weighted by Gasteiger charge is 2.04. The predicted octanol–water partition coefficient (Wildman–Crippen LogP) is 2.08. The lowest BCUT2D eigenvalue weighted by Crippen LogP contribution is -2.23. The minimum atomic E-state index is -0.455. The molecule has 0 fully saturated rings. The van der Waals surface area contributed by atoms with Crippen LogP contribution in [0.4, 0.5) is 4.39 Å². The molecule has 0 saturated carbocycles. The maximum atomic E-state index is 13.0. The van der Waals surface area contributed by atoms with Crippen molar-refractivity contribution in [2.75, 3.05) is 20.3 Å². The number of halogens is 2. The van der Waals surface area contributed by atoms with Gasteiger partial charge in [0.15, 0.2) is 0 Å². The Bertz CT molecular complexity index is 349. The van der Waals surface area contributed by atoms with Crippen molar-refractivity contribution in [3.63, 3.8) is 0 Å². The molecule has 0 bridgehead atoms.